The Bertz CT molecular complexity index is 572. The van der Waals surface area contributed by atoms with Gasteiger partial charge in [-0.3, -0.25) is 0 Å². The van der Waals surface area contributed by atoms with Crippen LogP contribution in [0.2, 0.25) is 0 Å². The minimum absolute atomic E-state index is 0.233. The van der Waals surface area contributed by atoms with Crippen molar-refractivity contribution in [2.24, 2.45) is 5.41 Å². The summed E-state index contributed by atoms with van der Waals surface area (Å²) in [4.78, 5) is 10.4. The number of carboxylic acid groups (broad SMARTS) is 1. The summed E-state index contributed by atoms with van der Waals surface area (Å²) in [5.41, 5.74) is 3.76. The van der Waals surface area contributed by atoms with Crippen molar-refractivity contribution in [2.75, 3.05) is 0 Å². The van der Waals surface area contributed by atoms with Gasteiger partial charge in [0.05, 0.1) is 0 Å². The quantitative estimate of drug-likeness (QED) is 0.465. The molecule has 0 amide bonds. The van der Waals surface area contributed by atoms with Crippen molar-refractivity contribution in [1.82, 2.24) is 0 Å². The molecular weight excluding hydrogens is 260 g/mol. The van der Waals surface area contributed by atoms with Crippen LogP contribution in [0, 0.1) is 17.3 Å². The standard InChI is InChI=1S/C19H24O2/c1-15(14-18(20)21)10-7-5-6-8-12-17-16(2)11-9-13-19(17,3)4/h7-8,10,12,14H,9,11,13H2,1-4H3,(H,20,21)/b10-7+,12-8+,15-14-. The molecule has 0 aromatic heterocycles. The van der Waals surface area contributed by atoms with E-state index in [1.165, 1.54) is 30.4 Å². The molecule has 0 radical (unpaired) electrons. The summed E-state index contributed by atoms with van der Waals surface area (Å²) >= 11 is 0. The highest BCUT2D eigenvalue weighted by Crippen LogP contribution is 2.40. The van der Waals surface area contributed by atoms with Crippen LogP contribution in [-0.2, 0) is 4.79 Å². The van der Waals surface area contributed by atoms with Gasteiger partial charge < -0.3 is 5.11 Å². The second kappa shape index (κ2) is 7.69. The van der Waals surface area contributed by atoms with Gasteiger partial charge >= 0.3 is 5.97 Å². The van der Waals surface area contributed by atoms with Crippen molar-refractivity contribution in [3.8, 4) is 11.8 Å². The highest BCUT2D eigenvalue weighted by molar-refractivity contribution is 5.81. The van der Waals surface area contributed by atoms with E-state index in [4.69, 9.17) is 5.11 Å². The highest BCUT2D eigenvalue weighted by atomic mass is 16.4. The van der Waals surface area contributed by atoms with Crippen LogP contribution < -0.4 is 0 Å². The van der Waals surface area contributed by atoms with Crippen LogP contribution in [-0.4, -0.2) is 11.1 Å². The minimum Gasteiger partial charge on any atom is -0.478 e. The molecule has 0 aliphatic heterocycles. The zero-order chi connectivity index (χ0) is 15.9. The lowest BCUT2D eigenvalue weighted by Crippen LogP contribution is -2.18. The summed E-state index contributed by atoms with van der Waals surface area (Å²) in [6, 6.07) is 0. The van der Waals surface area contributed by atoms with Gasteiger partial charge in [0, 0.05) is 6.08 Å². The minimum atomic E-state index is -0.938. The lowest BCUT2D eigenvalue weighted by atomic mass is 9.73. The van der Waals surface area contributed by atoms with Crippen molar-refractivity contribution < 1.29 is 9.90 Å². The summed E-state index contributed by atoms with van der Waals surface area (Å²) in [5.74, 6) is 4.93. The molecule has 1 aliphatic rings. The fourth-order valence-corrected chi connectivity index (χ4v) is 2.65. The van der Waals surface area contributed by atoms with E-state index in [1.54, 1.807) is 19.1 Å². The van der Waals surface area contributed by atoms with Crippen LogP contribution in [0.25, 0.3) is 0 Å². The molecule has 0 saturated carbocycles. The van der Waals surface area contributed by atoms with Crippen LogP contribution in [0.15, 0.2) is 47.1 Å². The molecule has 0 saturated heterocycles. The maximum Gasteiger partial charge on any atom is 0.328 e. The molecule has 0 aromatic rings. The first-order chi connectivity index (χ1) is 9.83. The first-order valence-electron chi connectivity index (χ1n) is 7.28. The van der Waals surface area contributed by atoms with Crippen LogP contribution in [0.3, 0.4) is 0 Å². The zero-order valence-electron chi connectivity index (χ0n) is 13.4. The Hall–Kier alpha value is -2.01. The van der Waals surface area contributed by atoms with E-state index in [0.29, 0.717) is 5.57 Å². The third kappa shape index (κ3) is 5.87. The average molecular weight is 284 g/mol. The lowest BCUT2D eigenvalue weighted by Gasteiger charge is -2.32. The molecule has 0 atom stereocenters. The van der Waals surface area contributed by atoms with Crippen LogP contribution >= 0.6 is 0 Å². The van der Waals surface area contributed by atoms with Crippen LogP contribution in [0.5, 0.6) is 0 Å². The molecule has 2 nitrogen and oxygen atoms in total. The number of rotatable bonds is 3. The fraction of sp³-hybridized carbons (Fsp3) is 0.421. The largest absolute Gasteiger partial charge is 0.478 e. The Balaban J connectivity index is 2.70. The topological polar surface area (TPSA) is 37.3 Å². The number of carbonyl (C=O) groups is 1. The summed E-state index contributed by atoms with van der Waals surface area (Å²) < 4.78 is 0. The maximum absolute atomic E-state index is 10.4. The molecule has 0 spiro atoms. The molecule has 0 bridgehead atoms. The number of carboxylic acids is 1. The molecule has 0 heterocycles. The summed E-state index contributed by atoms with van der Waals surface area (Å²) in [6.45, 7) is 8.50. The van der Waals surface area contributed by atoms with E-state index in [1.807, 2.05) is 6.08 Å². The van der Waals surface area contributed by atoms with Crippen LogP contribution in [0.4, 0.5) is 0 Å². The first kappa shape index (κ1) is 17.0. The molecule has 112 valence electrons. The van der Waals surface area contributed by atoms with Crippen molar-refractivity contribution in [2.45, 2.75) is 47.0 Å². The predicted molar refractivity (Wildman–Crippen MR) is 87.8 cm³/mol. The normalized spacial score (nSPS) is 19.0. The fourth-order valence-electron chi connectivity index (χ4n) is 2.65. The van der Waals surface area contributed by atoms with E-state index in [-0.39, 0.29) is 5.41 Å². The SMILES string of the molecule is CC1=C(/C=C/C#C/C=C/C(C)=C\C(=O)O)C(C)(C)CCC1. The zero-order valence-corrected chi connectivity index (χ0v) is 13.4. The summed E-state index contributed by atoms with van der Waals surface area (Å²) in [5, 5.41) is 8.58. The number of hydrogen-bond acceptors (Lipinski definition) is 1. The van der Waals surface area contributed by atoms with E-state index >= 15 is 0 Å². The Morgan fingerprint density at radius 1 is 1.29 bits per heavy atom. The highest BCUT2D eigenvalue weighted by Gasteiger charge is 2.26. The monoisotopic (exact) mass is 284 g/mol. The van der Waals surface area contributed by atoms with Gasteiger partial charge in [0.1, 0.15) is 0 Å². The Morgan fingerprint density at radius 3 is 2.57 bits per heavy atom. The van der Waals surface area contributed by atoms with E-state index in [2.05, 4.69) is 38.7 Å². The van der Waals surface area contributed by atoms with Crippen molar-refractivity contribution >= 4 is 5.97 Å². The van der Waals surface area contributed by atoms with Gasteiger partial charge in [-0.25, -0.2) is 4.79 Å². The second-order valence-corrected chi connectivity index (χ2v) is 6.11. The third-order valence-electron chi connectivity index (χ3n) is 3.74. The van der Waals surface area contributed by atoms with E-state index in [9.17, 15) is 4.79 Å². The number of allylic oxidation sites excluding steroid dienone is 7. The smallest absolute Gasteiger partial charge is 0.328 e. The Labute approximate surface area is 127 Å². The number of aliphatic carboxylic acids is 1. The van der Waals surface area contributed by atoms with Gasteiger partial charge in [0.15, 0.2) is 0 Å². The Morgan fingerprint density at radius 2 is 1.95 bits per heavy atom. The van der Waals surface area contributed by atoms with Crippen molar-refractivity contribution in [3.05, 3.63) is 47.1 Å². The molecule has 2 heteroatoms. The molecule has 1 rings (SSSR count). The van der Waals surface area contributed by atoms with Gasteiger partial charge in [-0.05, 0) is 61.8 Å². The number of hydrogen-bond donors (Lipinski definition) is 1. The average Bonchev–Trinajstić information content (AvgIpc) is 2.34. The second-order valence-electron chi connectivity index (χ2n) is 6.11. The van der Waals surface area contributed by atoms with E-state index in [0.717, 1.165) is 6.08 Å². The van der Waals surface area contributed by atoms with Gasteiger partial charge in [0.2, 0.25) is 0 Å². The molecule has 1 aliphatic carbocycles. The summed E-state index contributed by atoms with van der Waals surface area (Å²) in [6.07, 6.45) is 12.2. The first-order valence-corrected chi connectivity index (χ1v) is 7.28. The van der Waals surface area contributed by atoms with Gasteiger partial charge in [-0.2, -0.15) is 0 Å². The lowest BCUT2D eigenvalue weighted by molar-refractivity contribution is -0.131. The third-order valence-corrected chi connectivity index (χ3v) is 3.74. The summed E-state index contributed by atoms with van der Waals surface area (Å²) in [7, 11) is 0. The Kier molecular flexibility index (Phi) is 6.24. The molecule has 0 fully saturated rings. The van der Waals surface area contributed by atoms with Gasteiger partial charge in [-0.15, -0.1) is 0 Å². The predicted octanol–water partition coefficient (Wildman–Crippen LogP) is 4.66. The van der Waals surface area contributed by atoms with Crippen LogP contribution in [0.1, 0.15) is 47.0 Å². The van der Waals surface area contributed by atoms with E-state index < -0.39 is 5.97 Å². The molecular formula is C19H24O2. The molecule has 21 heavy (non-hydrogen) atoms. The van der Waals surface area contributed by atoms with Crippen molar-refractivity contribution in [3.63, 3.8) is 0 Å². The van der Waals surface area contributed by atoms with Gasteiger partial charge in [-0.1, -0.05) is 43.4 Å². The molecule has 0 aromatic carbocycles. The maximum atomic E-state index is 10.4. The van der Waals surface area contributed by atoms with Gasteiger partial charge in [0.25, 0.3) is 0 Å². The van der Waals surface area contributed by atoms with Crippen molar-refractivity contribution in [1.29, 1.82) is 0 Å². The molecule has 0 unspecified atom stereocenters. The molecule has 1 N–H and O–H groups in total.